The molecule has 1 N–H and O–H groups in total. The van der Waals surface area contributed by atoms with Crippen molar-refractivity contribution in [1.29, 1.82) is 0 Å². The van der Waals surface area contributed by atoms with Crippen molar-refractivity contribution in [3.63, 3.8) is 0 Å². The topological polar surface area (TPSA) is 108 Å². The van der Waals surface area contributed by atoms with Crippen LogP contribution in [0.4, 0.5) is 0 Å². The van der Waals surface area contributed by atoms with Crippen molar-refractivity contribution in [2.75, 3.05) is 6.61 Å². The number of aryl methyl sites for hydroxylation is 1. The van der Waals surface area contributed by atoms with E-state index in [4.69, 9.17) is 9.15 Å². The number of rotatable bonds is 7. The van der Waals surface area contributed by atoms with E-state index in [2.05, 4.69) is 4.72 Å². The molecule has 0 unspecified atom stereocenters. The number of aromatic nitrogens is 1. The molecule has 0 bridgehead atoms. The summed E-state index contributed by atoms with van der Waals surface area (Å²) in [7, 11) is -3.67. The zero-order valence-corrected chi connectivity index (χ0v) is 17.9. The van der Waals surface area contributed by atoms with Crippen LogP contribution in [0.15, 0.2) is 62.6 Å². The van der Waals surface area contributed by atoms with Crippen molar-refractivity contribution in [1.82, 2.24) is 9.29 Å². The van der Waals surface area contributed by atoms with Gasteiger partial charge in [0.15, 0.2) is 5.58 Å². The lowest BCUT2D eigenvalue weighted by atomic mass is 10.1. The molecule has 3 aromatic rings. The molecule has 0 atom stereocenters. The number of hydrogen-bond donors (Lipinski definition) is 1. The average molecular weight is 432 g/mol. The van der Waals surface area contributed by atoms with Gasteiger partial charge in [0, 0.05) is 12.1 Å². The number of nitrogens with zero attached hydrogens (tertiary/aromatic N) is 1. The van der Waals surface area contributed by atoms with Crippen LogP contribution in [-0.4, -0.2) is 31.1 Å². The highest BCUT2D eigenvalue weighted by Gasteiger charge is 2.22. The predicted octanol–water partition coefficient (Wildman–Crippen LogP) is 2.92. The van der Waals surface area contributed by atoms with E-state index in [0.717, 1.165) is 0 Å². The van der Waals surface area contributed by atoms with Gasteiger partial charge in [-0.25, -0.2) is 22.7 Å². The molecule has 0 aliphatic carbocycles. The monoisotopic (exact) mass is 432 g/mol. The Labute approximate surface area is 174 Å². The minimum atomic E-state index is -3.67. The largest absolute Gasteiger partial charge is 0.462 e. The van der Waals surface area contributed by atoms with Gasteiger partial charge in [0.25, 0.3) is 0 Å². The number of ether oxygens (including phenoxy) is 1. The normalized spacial score (nSPS) is 12.2. The van der Waals surface area contributed by atoms with E-state index in [1.165, 1.54) is 28.8 Å². The first kappa shape index (κ1) is 21.8. The van der Waals surface area contributed by atoms with Gasteiger partial charge in [-0.15, -0.1) is 0 Å². The van der Waals surface area contributed by atoms with Crippen molar-refractivity contribution in [3.8, 4) is 0 Å². The molecule has 30 heavy (non-hydrogen) atoms. The van der Waals surface area contributed by atoms with Gasteiger partial charge in [-0.2, -0.15) is 0 Å². The standard InChI is InChI=1S/C21H24N2O6S/c1-21(2,3)22-30(26,27)16-11-9-15(10-12-16)19(24)28-14-6-13-23-17-7-4-5-8-18(17)29-20(23)25/h4-5,7-12,22H,6,13-14H2,1-3H3. The second-order valence-corrected chi connectivity index (χ2v) is 9.54. The quantitative estimate of drug-likeness (QED) is 0.454. The first-order valence-corrected chi connectivity index (χ1v) is 10.9. The van der Waals surface area contributed by atoms with Gasteiger partial charge in [0.2, 0.25) is 10.0 Å². The van der Waals surface area contributed by atoms with Gasteiger partial charge in [-0.05, 0) is 63.6 Å². The lowest BCUT2D eigenvalue weighted by Crippen LogP contribution is -2.40. The van der Waals surface area contributed by atoms with Crippen molar-refractivity contribution in [2.24, 2.45) is 0 Å². The van der Waals surface area contributed by atoms with Crippen LogP contribution in [0.1, 0.15) is 37.6 Å². The maximum absolute atomic E-state index is 12.3. The summed E-state index contributed by atoms with van der Waals surface area (Å²) in [5, 5.41) is 0. The number of carbonyl (C=O) groups is 1. The maximum Gasteiger partial charge on any atom is 0.419 e. The molecule has 3 rings (SSSR count). The van der Waals surface area contributed by atoms with Crippen LogP contribution in [0.5, 0.6) is 0 Å². The molecular formula is C21H24N2O6S. The number of hydrogen-bond acceptors (Lipinski definition) is 6. The van der Waals surface area contributed by atoms with E-state index < -0.39 is 27.3 Å². The summed E-state index contributed by atoms with van der Waals surface area (Å²) >= 11 is 0. The van der Waals surface area contributed by atoms with Crippen LogP contribution in [0.2, 0.25) is 0 Å². The zero-order valence-electron chi connectivity index (χ0n) is 17.0. The summed E-state index contributed by atoms with van der Waals surface area (Å²) < 4.78 is 39.1. The van der Waals surface area contributed by atoms with E-state index in [-0.39, 0.29) is 17.1 Å². The van der Waals surface area contributed by atoms with Crippen LogP contribution in [0, 0.1) is 0 Å². The summed E-state index contributed by atoms with van der Waals surface area (Å²) in [6.45, 7) is 5.69. The molecule has 0 amide bonds. The van der Waals surface area contributed by atoms with Gasteiger partial charge in [0.1, 0.15) is 0 Å². The number of fused-ring (bicyclic) bond motifs is 1. The number of esters is 1. The van der Waals surface area contributed by atoms with E-state index in [1.54, 1.807) is 39.0 Å². The fourth-order valence-corrected chi connectivity index (χ4v) is 4.35. The molecule has 0 saturated heterocycles. The van der Waals surface area contributed by atoms with Gasteiger partial charge in [-0.1, -0.05) is 12.1 Å². The minimum Gasteiger partial charge on any atom is -0.462 e. The number of sulfonamides is 1. The number of nitrogens with one attached hydrogen (secondary N) is 1. The van der Waals surface area contributed by atoms with Crippen molar-refractivity contribution in [3.05, 3.63) is 64.6 Å². The highest BCUT2D eigenvalue weighted by Crippen LogP contribution is 2.15. The second kappa shape index (κ2) is 8.45. The molecule has 160 valence electrons. The predicted molar refractivity (Wildman–Crippen MR) is 112 cm³/mol. The Bertz CT molecular complexity index is 1200. The Balaban J connectivity index is 1.56. The fourth-order valence-electron chi connectivity index (χ4n) is 2.93. The third-order valence-electron chi connectivity index (χ3n) is 4.17. The molecule has 1 aromatic heterocycles. The Kier molecular flexibility index (Phi) is 6.14. The van der Waals surface area contributed by atoms with Crippen molar-refractivity contribution in [2.45, 2.75) is 44.2 Å². The molecule has 0 fully saturated rings. The Morgan fingerprint density at radius 1 is 1.10 bits per heavy atom. The Morgan fingerprint density at radius 3 is 2.43 bits per heavy atom. The van der Waals surface area contributed by atoms with Crippen LogP contribution in [0.25, 0.3) is 11.1 Å². The second-order valence-electron chi connectivity index (χ2n) is 7.86. The summed E-state index contributed by atoms with van der Waals surface area (Å²) in [6.07, 6.45) is 0.428. The number of carbonyl (C=O) groups excluding carboxylic acids is 1. The SMILES string of the molecule is CC(C)(C)NS(=O)(=O)c1ccc(C(=O)OCCCn2c(=O)oc3ccccc32)cc1. The van der Waals surface area contributed by atoms with Crippen LogP contribution >= 0.6 is 0 Å². The third kappa shape index (κ3) is 5.17. The summed E-state index contributed by atoms with van der Waals surface area (Å²) in [5.74, 6) is -1.02. The van der Waals surface area contributed by atoms with E-state index in [1.807, 2.05) is 6.07 Å². The zero-order chi connectivity index (χ0) is 21.9. The molecular weight excluding hydrogens is 408 g/mol. The molecule has 0 aliphatic rings. The van der Waals surface area contributed by atoms with Crippen molar-refractivity contribution < 1.29 is 22.4 Å². The summed E-state index contributed by atoms with van der Waals surface area (Å²) in [4.78, 5) is 24.2. The molecule has 9 heteroatoms. The van der Waals surface area contributed by atoms with Crippen LogP contribution < -0.4 is 10.5 Å². The molecule has 0 radical (unpaired) electrons. The molecule has 1 heterocycles. The minimum absolute atomic E-state index is 0.0696. The molecule has 0 aliphatic heterocycles. The number of oxazole rings is 1. The lowest BCUT2D eigenvalue weighted by molar-refractivity contribution is 0.0495. The third-order valence-corrected chi connectivity index (χ3v) is 5.95. The summed E-state index contributed by atoms with van der Waals surface area (Å²) in [6, 6.07) is 12.7. The first-order valence-electron chi connectivity index (χ1n) is 9.46. The average Bonchev–Trinajstić information content (AvgIpc) is 2.98. The summed E-state index contributed by atoms with van der Waals surface area (Å²) in [5.41, 5.74) is 0.833. The van der Waals surface area contributed by atoms with Crippen LogP contribution in [-0.2, 0) is 21.3 Å². The molecule has 2 aromatic carbocycles. The molecule has 0 saturated carbocycles. The molecule has 8 nitrogen and oxygen atoms in total. The van der Waals surface area contributed by atoms with Gasteiger partial charge >= 0.3 is 11.7 Å². The Hall–Kier alpha value is -2.91. The highest BCUT2D eigenvalue weighted by atomic mass is 32.2. The maximum atomic E-state index is 12.3. The van der Waals surface area contributed by atoms with Crippen molar-refractivity contribution >= 4 is 27.1 Å². The fraction of sp³-hybridized carbons (Fsp3) is 0.333. The van der Waals surface area contributed by atoms with Gasteiger partial charge in [-0.3, -0.25) is 4.57 Å². The highest BCUT2D eigenvalue weighted by molar-refractivity contribution is 7.89. The van der Waals surface area contributed by atoms with E-state index >= 15 is 0 Å². The lowest BCUT2D eigenvalue weighted by Gasteiger charge is -2.20. The first-order chi connectivity index (χ1) is 14.1. The Morgan fingerprint density at radius 2 is 1.77 bits per heavy atom. The molecule has 0 spiro atoms. The van der Waals surface area contributed by atoms with Crippen LogP contribution in [0.3, 0.4) is 0 Å². The van der Waals surface area contributed by atoms with E-state index in [9.17, 15) is 18.0 Å². The van der Waals surface area contributed by atoms with Gasteiger partial charge in [0.05, 0.1) is 22.6 Å². The number of benzene rings is 2. The number of para-hydroxylation sites is 2. The van der Waals surface area contributed by atoms with Gasteiger partial charge < -0.3 is 9.15 Å². The van der Waals surface area contributed by atoms with E-state index in [0.29, 0.717) is 24.1 Å². The smallest absolute Gasteiger partial charge is 0.419 e.